The van der Waals surface area contributed by atoms with Crippen LogP contribution in [0.2, 0.25) is 0 Å². The predicted octanol–water partition coefficient (Wildman–Crippen LogP) is 3.73. The van der Waals surface area contributed by atoms with Crippen LogP contribution in [0.15, 0.2) is 77.7 Å². The van der Waals surface area contributed by atoms with Crippen LogP contribution < -0.4 is 9.62 Å². The Hall–Kier alpha value is -3.46. The monoisotopic (exact) mass is 457 g/mol. The number of benzene rings is 3. The third-order valence-electron chi connectivity index (χ3n) is 5.27. The maximum absolute atomic E-state index is 13.1. The van der Waals surface area contributed by atoms with Gasteiger partial charge in [-0.25, -0.2) is 17.2 Å². The van der Waals surface area contributed by atoms with Gasteiger partial charge >= 0.3 is 0 Å². The number of piperazine rings is 1. The molecule has 0 aliphatic carbocycles. The fourth-order valence-corrected chi connectivity index (χ4v) is 4.57. The molecular weight excluding hydrogens is 436 g/mol. The Kier molecular flexibility index (Phi) is 6.09. The number of amides is 1. The second-order valence-electron chi connectivity index (χ2n) is 7.39. The van der Waals surface area contributed by atoms with E-state index < -0.39 is 15.8 Å². The molecule has 6 nitrogen and oxygen atoms in total. The Morgan fingerprint density at radius 1 is 0.750 bits per heavy atom. The number of carbonyl (C=O) groups excluding carboxylic acids is 1. The van der Waals surface area contributed by atoms with Gasteiger partial charge in [-0.3, -0.25) is 9.52 Å². The van der Waals surface area contributed by atoms with Crippen molar-refractivity contribution in [2.45, 2.75) is 4.90 Å². The van der Waals surface area contributed by atoms with Gasteiger partial charge in [0.15, 0.2) is 0 Å². The number of nitrogens with one attached hydrogen (secondary N) is 1. The lowest BCUT2D eigenvalue weighted by atomic mass is 10.1. The highest BCUT2D eigenvalue weighted by molar-refractivity contribution is 7.92. The Bertz CT molecular complexity index is 1190. The number of halogens is 2. The molecule has 0 aromatic heterocycles. The fourth-order valence-electron chi connectivity index (χ4n) is 3.51. The Morgan fingerprint density at radius 2 is 1.28 bits per heavy atom. The number of rotatable bonds is 5. The van der Waals surface area contributed by atoms with E-state index in [1.54, 1.807) is 17.0 Å². The first-order chi connectivity index (χ1) is 15.3. The first-order valence-corrected chi connectivity index (χ1v) is 11.5. The third-order valence-corrected chi connectivity index (χ3v) is 6.66. The first-order valence-electron chi connectivity index (χ1n) is 10.00. The Morgan fingerprint density at radius 3 is 1.84 bits per heavy atom. The van der Waals surface area contributed by atoms with Gasteiger partial charge in [0.1, 0.15) is 11.6 Å². The molecule has 3 aromatic rings. The van der Waals surface area contributed by atoms with E-state index in [1.807, 2.05) is 0 Å². The zero-order valence-electron chi connectivity index (χ0n) is 17.0. The van der Waals surface area contributed by atoms with E-state index in [0.29, 0.717) is 31.7 Å². The zero-order valence-corrected chi connectivity index (χ0v) is 17.9. The zero-order chi connectivity index (χ0) is 22.7. The molecule has 0 saturated carbocycles. The molecule has 1 aliphatic rings. The summed E-state index contributed by atoms with van der Waals surface area (Å²) in [6.07, 6.45) is 0. The molecule has 4 rings (SSSR count). The highest BCUT2D eigenvalue weighted by Crippen LogP contribution is 2.20. The van der Waals surface area contributed by atoms with Crippen LogP contribution in [0, 0.1) is 11.6 Å². The van der Waals surface area contributed by atoms with E-state index in [2.05, 4.69) is 9.62 Å². The molecule has 0 unspecified atom stereocenters. The maximum Gasteiger partial charge on any atom is 0.261 e. The average molecular weight is 458 g/mol. The Balaban J connectivity index is 1.39. The summed E-state index contributed by atoms with van der Waals surface area (Å²) in [4.78, 5) is 16.6. The van der Waals surface area contributed by atoms with Crippen LogP contribution in [0.4, 0.5) is 20.2 Å². The summed E-state index contributed by atoms with van der Waals surface area (Å²) in [5, 5.41) is 0. The van der Waals surface area contributed by atoms with Gasteiger partial charge in [0.05, 0.1) is 4.90 Å². The van der Waals surface area contributed by atoms with E-state index in [9.17, 15) is 22.0 Å². The summed E-state index contributed by atoms with van der Waals surface area (Å²) in [5.41, 5.74) is 1.54. The van der Waals surface area contributed by atoms with E-state index in [0.717, 1.165) is 17.8 Å². The molecule has 0 bridgehead atoms. The van der Waals surface area contributed by atoms with Gasteiger partial charge in [-0.2, -0.15) is 0 Å². The highest BCUT2D eigenvalue weighted by atomic mass is 32.2. The van der Waals surface area contributed by atoms with Gasteiger partial charge in [0.25, 0.3) is 15.9 Å². The van der Waals surface area contributed by atoms with Gasteiger partial charge in [0.2, 0.25) is 0 Å². The number of anilines is 2. The van der Waals surface area contributed by atoms with Crippen LogP contribution in [0.3, 0.4) is 0 Å². The number of carbonyl (C=O) groups is 1. The molecule has 1 aliphatic heterocycles. The summed E-state index contributed by atoms with van der Waals surface area (Å²) >= 11 is 0. The molecule has 1 fully saturated rings. The number of hydrogen-bond acceptors (Lipinski definition) is 4. The van der Waals surface area contributed by atoms with Gasteiger partial charge in [-0.15, -0.1) is 0 Å². The highest BCUT2D eigenvalue weighted by Gasteiger charge is 2.23. The van der Waals surface area contributed by atoms with Gasteiger partial charge in [-0.05, 0) is 72.8 Å². The molecule has 1 saturated heterocycles. The summed E-state index contributed by atoms with van der Waals surface area (Å²) < 4.78 is 53.6. The van der Waals surface area contributed by atoms with Crippen LogP contribution in [0.25, 0.3) is 0 Å². The van der Waals surface area contributed by atoms with E-state index >= 15 is 0 Å². The van der Waals surface area contributed by atoms with Crippen LogP contribution >= 0.6 is 0 Å². The molecule has 3 aromatic carbocycles. The summed E-state index contributed by atoms with van der Waals surface area (Å²) in [7, 11) is -3.87. The SMILES string of the molecule is O=C(c1ccc(S(=O)(=O)Nc2ccc(F)cc2)cc1)N1CCN(c2ccc(F)cc2)CC1. The molecule has 0 radical (unpaired) electrons. The Labute approximate surface area is 185 Å². The molecule has 1 N–H and O–H groups in total. The molecule has 9 heteroatoms. The first kappa shape index (κ1) is 21.8. The van der Waals surface area contributed by atoms with Crippen molar-refractivity contribution < 1.29 is 22.0 Å². The van der Waals surface area contributed by atoms with Crippen LogP contribution in [-0.2, 0) is 10.0 Å². The number of nitrogens with zero attached hydrogens (tertiary/aromatic N) is 2. The van der Waals surface area contributed by atoms with Crippen LogP contribution in [0.5, 0.6) is 0 Å². The van der Waals surface area contributed by atoms with Crippen molar-refractivity contribution in [1.29, 1.82) is 0 Å². The summed E-state index contributed by atoms with van der Waals surface area (Å²) in [6.45, 7) is 2.24. The average Bonchev–Trinajstić information content (AvgIpc) is 2.81. The van der Waals surface area contributed by atoms with Crippen molar-refractivity contribution >= 4 is 27.3 Å². The number of sulfonamides is 1. The van der Waals surface area contributed by atoms with Gasteiger partial charge in [-0.1, -0.05) is 0 Å². The quantitative estimate of drug-likeness (QED) is 0.634. The second-order valence-corrected chi connectivity index (χ2v) is 9.07. The fraction of sp³-hybridized carbons (Fsp3) is 0.174. The molecule has 166 valence electrons. The minimum atomic E-state index is -3.87. The molecule has 1 heterocycles. The van der Waals surface area contributed by atoms with Crippen molar-refractivity contribution in [1.82, 2.24) is 4.90 Å². The minimum absolute atomic E-state index is 0.000459. The number of hydrogen-bond donors (Lipinski definition) is 1. The van der Waals surface area contributed by atoms with Crippen molar-refractivity contribution in [2.75, 3.05) is 35.8 Å². The standard InChI is InChI=1S/C23H21F2N3O3S/c24-18-3-7-20(8-4-18)26-32(30,31)22-11-1-17(2-12-22)23(29)28-15-13-27(14-16-28)21-9-5-19(25)6-10-21/h1-12,26H,13-16H2. The van der Waals surface area contributed by atoms with Crippen LogP contribution in [-0.4, -0.2) is 45.4 Å². The van der Waals surface area contributed by atoms with E-state index in [-0.39, 0.29) is 22.3 Å². The largest absolute Gasteiger partial charge is 0.368 e. The smallest absolute Gasteiger partial charge is 0.261 e. The lowest BCUT2D eigenvalue weighted by Crippen LogP contribution is -2.48. The molecule has 32 heavy (non-hydrogen) atoms. The molecule has 1 amide bonds. The van der Waals surface area contributed by atoms with Crippen molar-refractivity contribution in [3.8, 4) is 0 Å². The third kappa shape index (κ3) is 4.88. The second kappa shape index (κ2) is 8.96. The summed E-state index contributed by atoms with van der Waals surface area (Å²) in [5.74, 6) is -0.936. The molecular formula is C23H21F2N3O3S. The molecule has 0 atom stereocenters. The van der Waals surface area contributed by atoms with E-state index in [1.165, 1.54) is 48.5 Å². The van der Waals surface area contributed by atoms with Crippen LogP contribution in [0.1, 0.15) is 10.4 Å². The molecule has 0 spiro atoms. The lowest BCUT2D eigenvalue weighted by molar-refractivity contribution is 0.0746. The van der Waals surface area contributed by atoms with Gasteiger partial charge < -0.3 is 9.80 Å². The summed E-state index contributed by atoms with van der Waals surface area (Å²) in [6, 6.07) is 16.9. The van der Waals surface area contributed by atoms with Gasteiger partial charge in [0, 0.05) is 43.1 Å². The lowest BCUT2D eigenvalue weighted by Gasteiger charge is -2.36. The normalized spacial score (nSPS) is 14.3. The van der Waals surface area contributed by atoms with Crippen molar-refractivity contribution in [3.63, 3.8) is 0 Å². The van der Waals surface area contributed by atoms with Crippen molar-refractivity contribution in [2.24, 2.45) is 0 Å². The predicted molar refractivity (Wildman–Crippen MR) is 118 cm³/mol. The van der Waals surface area contributed by atoms with E-state index in [4.69, 9.17) is 0 Å². The maximum atomic E-state index is 13.1. The topological polar surface area (TPSA) is 69.7 Å². The minimum Gasteiger partial charge on any atom is -0.368 e. The van der Waals surface area contributed by atoms with Crippen molar-refractivity contribution in [3.05, 3.63) is 90.0 Å².